The molecule has 2 rings (SSSR count). The average molecular weight is 325 g/mol. The van der Waals surface area contributed by atoms with Gasteiger partial charge >= 0.3 is 0 Å². The number of carbonyl (C=O) groups is 1. The summed E-state index contributed by atoms with van der Waals surface area (Å²) in [4.78, 5) is 11.4. The lowest BCUT2D eigenvalue weighted by Crippen LogP contribution is -2.30. The van der Waals surface area contributed by atoms with Crippen molar-refractivity contribution in [3.05, 3.63) is 23.8 Å². The highest BCUT2D eigenvalue weighted by molar-refractivity contribution is 7.89. The Morgan fingerprint density at radius 3 is 2.77 bits per heavy atom. The summed E-state index contributed by atoms with van der Waals surface area (Å²) < 4.78 is 27.0. The van der Waals surface area contributed by atoms with Gasteiger partial charge in [-0.1, -0.05) is 6.07 Å². The highest BCUT2D eigenvalue weighted by atomic mass is 32.2. The Hall–Kier alpha value is -1.44. The summed E-state index contributed by atoms with van der Waals surface area (Å²) in [6.45, 7) is 5.13. The standard InChI is InChI=1S/C15H23N3O3S/c1-11-4-5-14(8-15(11)17-12(2)19)22(20,21)18-7-6-13(10-18)9-16-3/h4-5,8,13,16H,6-7,9-10H2,1-3H3,(H,17,19). The Morgan fingerprint density at radius 2 is 2.14 bits per heavy atom. The van der Waals surface area contributed by atoms with Crippen molar-refractivity contribution < 1.29 is 13.2 Å². The van der Waals surface area contributed by atoms with Crippen molar-refractivity contribution in [2.45, 2.75) is 25.2 Å². The number of nitrogens with one attached hydrogen (secondary N) is 2. The molecule has 1 aliphatic heterocycles. The number of hydrogen-bond acceptors (Lipinski definition) is 4. The van der Waals surface area contributed by atoms with Gasteiger partial charge < -0.3 is 10.6 Å². The minimum Gasteiger partial charge on any atom is -0.326 e. The van der Waals surface area contributed by atoms with Gasteiger partial charge in [-0.25, -0.2) is 8.42 Å². The highest BCUT2D eigenvalue weighted by Crippen LogP contribution is 2.27. The first-order valence-electron chi connectivity index (χ1n) is 7.37. The molecule has 7 heteroatoms. The molecule has 1 amide bonds. The van der Waals surface area contributed by atoms with Crippen molar-refractivity contribution in [3.63, 3.8) is 0 Å². The van der Waals surface area contributed by atoms with Gasteiger partial charge in [-0.3, -0.25) is 4.79 Å². The van der Waals surface area contributed by atoms with E-state index in [4.69, 9.17) is 0 Å². The molecule has 0 radical (unpaired) electrons. The predicted octanol–water partition coefficient (Wildman–Crippen LogP) is 1.18. The topological polar surface area (TPSA) is 78.5 Å². The molecule has 6 nitrogen and oxygen atoms in total. The van der Waals surface area contributed by atoms with Crippen molar-refractivity contribution in [1.82, 2.24) is 9.62 Å². The van der Waals surface area contributed by atoms with Gasteiger partial charge in [0, 0.05) is 25.7 Å². The van der Waals surface area contributed by atoms with Crippen LogP contribution in [0.2, 0.25) is 0 Å². The third-order valence-corrected chi connectivity index (χ3v) is 5.76. The smallest absolute Gasteiger partial charge is 0.243 e. The van der Waals surface area contributed by atoms with Gasteiger partial charge in [0.25, 0.3) is 0 Å². The molecule has 0 aliphatic carbocycles. The summed E-state index contributed by atoms with van der Waals surface area (Å²) in [5.41, 5.74) is 1.38. The third-order valence-electron chi connectivity index (χ3n) is 3.90. The lowest BCUT2D eigenvalue weighted by atomic mass is 10.1. The first-order chi connectivity index (χ1) is 10.3. The second kappa shape index (κ2) is 6.76. The summed E-state index contributed by atoms with van der Waals surface area (Å²) in [7, 11) is -1.64. The van der Waals surface area contributed by atoms with E-state index in [2.05, 4.69) is 10.6 Å². The highest BCUT2D eigenvalue weighted by Gasteiger charge is 2.32. The zero-order valence-corrected chi connectivity index (χ0v) is 14.0. The third kappa shape index (κ3) is 3.66. The van der Waals surface area contributed by atoms with E-state index >= 15 is 0 Å². The number of nitrogens with zero attached hydrogens (tertiary/aromatic N) is 1. The van der Waals surface area contributed by atoms with E-state index in [-0.39, 0.29) is 10.8 Å². The molecule has 22 heavy (non-hydrogen) atoms. The molecule has 1 aliphatic rings. The van der Waals surface area contributed by atoms with Gasteiger partial charge in [-0.2, -0.15) is 4.31 Å². The molecule has 0 bridgehead atoms. The number of rotatable bonds is 5. The van der Waals surface area contributed by atoms with Crippen molar-refractivity contribution >= 4 is 21.6 Å². The van der Waals surface area contributed by atoms with Crippen LogP contribution in [0.25, 0.3) is 0 Å². The summed E-state index contributed by atoms with van der Waals surface area (Å²) >= 11 is 0. The summed E-state index contributed by atoms with van der Waals surface area (Å²) in [6, 6.07) is 4.86. The fourth-order valence-corrected chi connectivity index (χ4v) is 4.26. The zero-order chi connectivity index (χ0) is 16.3. The van der Waals surface area contributed by atoms with Crippen molar-refractivity contribution in [1.29, 1.82) is 0 Å². The minimum absolute atomic E-state index is 0.215. The maximum Gasteiger partial charge on any atom is 0.243 e. The van der Waals surface area contributed by atoms with Gasteiger partial charge in [0.15, 0.2) is 0 Å². The van der Waals surface area contributed by atoms with E-state index < -0.39 is 10.0 Å². The summed E-state index contributed by atoms with van der Waals surface area (Å²) in [5, 5.41) is 5.76. The predicted molar refractivity (Wildman–Crippen MR) is 86.3 cm³/mol. The number of sulfonamides is 1. The number of anilines is 1. The van der Waals surface area contributed by atoms with Crippen molar-refractivity contribution in [3.8, 4) is 0 Å². The van der Waals surface area contributed by atoms with Gasteiger partial charge in [0.2, 0.25) is 15.9 Å². The van der Waals surface area contributed by atoms with Gasteiger partial charge in [0.05, 0.1) is 4.90 Å². The Balaban J connectivity index is 2.25. The van der Waals surface area contributed by atoms with E-state index in [1.54, 1.807) is 12.1 Å². The fourth-order valence-electron chi connectivity index (χ4n) is 2.71. The maximum atomic E-state index is 12.7. The Bertz CT molecular complexity index is 658. The van der Waals surface area contributed by atoms with Crippen LogP contribution in [0.4, 0.5) is 5.69 Å². The van der Waals surface area contributed by atoms with Gasteiger partial charge in [0.1, 0.15) is 0 Å². The molecule has 0 aromatic heterocycles. The molecule has 0 saturated carbocycles. The number of aryl methyl sites for hydroxylation is 1. The van der Waals surface area contributed by atoms with Gasteiger partial charge in [-0.15, -0.1) is 0 Å². The molecule has 1 fully saturated rings. The quantitative estimate of drug-likeness (QED) is 0.852. The second-order valence-electron chi connectivity index (χ2n) is 5.73. The van der Waals surface area contributed by atoms with Crippen LogP contribution >= 0.6 is 0 Å². The maximum absolute atomic E-state index is 12.7. The molecule has 1 atom stereocenters. The van der Waals surface area contributed by atoms with Crippen LogP contribution in [0.1, 0.15) is 18.9 Å². The average Bonchev–Trinajstić information content (AvgIpc) is 2.90. The van der Waals surface area contributed by atoms with E-state index in [9.17, 15) is 13.2 Å². The lowest BCUT2D eigenvalue weighted by Gasteiger charge is -2.18. The molecule has 1 aromatic rings. The van der Waals surface area contributed by atoms with E-state index in [0.29, 0.717) is 24.7 Å². The molecule has 1 heterocycles. The Morgan fingerprint density at radius 1 is 1.41 bits per heavy atom. The Labute approximate surface area is 131 Å². The SMILES string of the molecule is CNCC1CCN(S(=O)(=O)c2ccc(C)c(NC(C)=O)c2)C1. The molecular weight excluding hydrogens is 302 g/mol. The van der Waals surface area contributed by atoms with Crippen LogP contribution < -0.4 is 10.6 Å². The largest absolute Gasteiger partial charge is 0.326 e. The molecule has 1 aromatic carbocycles. The van der Waals surface area contributed by atoms with Crippen LogP contribution in [0, 0.1) is 12.8 Å². The first-order valence-corrected chi connectivity index (χ1v) is 8.81. The molecule has 0 spiro atoms. The van der Waals surface area contributed by atoms with Crippen molar-refractivity contribution in [2.75, 3.05) is 32.0 Å². The number of carbonyl (C=O) groups excluding carboxylic acids is 1. The van der Waals surface area contributed by atoms with E-state index in [1.165, 1.54) is 17.3 Å². The van der Waals surface area contributed by atoms with Crippen LogP contribution in [-0.4, -0.2) is 45.3 Å². The molecule has 1 saturated heterocycles. The first kappa shape index (κ1) is 16.9. The lowest BCUT2D eigenvalue weighted by molar-refractivity contribution is -0.114. The monoisotopic (exact) mass is 325 g/mol. The minimum atomic E-state index is -3.51. The second-order valence-corrected chi connectivity index (χ2v) is 7.67. The number of benzene rings is 1. The van der Waals surface area contributed by atoms with Gasteiger partial charge in [-0.05, 0) is 50.6 Å². The van der Waals surface area contributed by atoms with Crippen LogP contribution in [0.5, 0.6) is 0 Å². The molecule has 122 valence electrons. The van der Waals surface area contributed by atoms with E-state index in [0.717, 1.165) is 18.5 Å². The number of amides is 1. The normalized spacial score (nSPS) is 19.3. The molecule has 2 N–H and O–H groups in total. The van der Waals surface area contributed by atoms with Crippen LogP contribution in [0.3, 0.4) is 0 Å². The number of hydrogen-bond donors (Lipinski definition) is 2. The van der Waals surface area contributed by atoms with Crippen molar-refractivity contribution in [2.24, 2.45) is 5.92 Å². The Kier molecular flexibility index (Phi) is 5.20. The summed E-state index contributed by atoms with van der Waals surface area (Å²) in [6.07, 6.45) is 0.866. The molecular formula is C15H23N3O3S. The summed E-state index contributed by atoms with van der Waals surface area (Å²) in [5.74, 6) is 0.132. The van der Waals surface area contributed by atoms with Crippen LogP contribution in [0.15, 0.2) is 23.1 Å². The zero-order valence-electron chi connectivity index (χ0n) is 13.2. The fraction of sp³-hybridized carbons (Fsp3) is 0.533. The molecule has 1 unspecified atom stereocenters. The van der Waals surface area contributed by atoms with Crippen LogP contribution in [-0.2, 0) is 14.8 Å². The van der Waals surface area contributed by atoms with E-state index in [1.807, 2.05) is 14.0 Å².